The van der Waals surface area contributed by atoms with Gasteiger partial charge in [-0.15, -0.1) is 0 Å². The van der Waals surface area contributed by atoms with Crippen LogP contribution < -0.4 is 15.5 Å². The third-order valence-electron chi connectivity index (χ3n) is 4.00. The first-order valence-corrected chi connectivity index (χ1v) is 8.75. The van der Waals surface area contributed by atoms with Gasteiger partial charge in [0.1, 0.15) is 5.82 Å². The van der Waals surface area contributed by atoms with Gasteiger partial charge in [-0.1, -0.05) is 17.7 Å². The second kappa shape index (κ2) is 7.63. The van der Waals surface area contributed by atoms with Crippen LogP contribution in [0.4, 0.5) is 23.6 Å². The lowest BCUT2D eigenvalue weighted by atomic mass is 10.1. The Balaban J connectivity index is 1.76. The highest BCUT2D eigenvalue weighted by Gasteiger charge is 2.16. The van der Waals surface area contributed by atoms with Crippen molar-refractivity contribution in [2.45, 2.75) is 27.7 Å². The van der Waals surface area contributed by atoms with Gasteiger partial charge in [0.25, 0.3) is 5.91 Å². The lowest BCUT2D eigenvalue weighted by Crippen LogP contribution is -2.15. The van der Waals surface area contributed by atoms with E-state index in [-0.39, 0.29) is 23.6 Å². The minimum atomic E-state index is -0.378. The predicted molar refractivity (Wildman–Crippen MR) is 107 cm³/mol. The zero-order valence-corrected chi connectivity index (χ0v) is 16.8. The molecule has 2 heterocycles. The fraction of sp³-hybridized carbons (Fsp3) is 0.316. The van der Waals surface area contributed by atoms with Gasteiger partial charge in [0, 0.05) is 19.8 Å². The molecule has 9 nitrogen and oxygen atoms in total. The zero-order chi connectivity index (χ0) is 20.4. The summed E-state index contributed by atoms with van der Waals surface area (Å²) in [6.45, 7) is 7.69. The van der Waals surface area contributed by atoms with Crippen LogP contribution in [0.2, 0.25) is 0 Å². The summed E-state index contributed by atoms with van der Waals surface area (Å²) in [6, 6.07) is 4.15. The minimum absolute atomic E-state index is 0.0838. The van der Waals surface area contributed by atoms with E-state index in [1.165, 1.54) is 6.20 Å². The normalized spacial score (nSPS) is 10.6. The van der Waals surface area contributed by atoms with Gasteiger partial charge in [-0.3, -0.25) is 10.1 Å². The second-order valence-electron chi connectivity index (χ2n) is 6.78. The molecule has 146 valence electrons. The summed E-state index contributed by atoms with van der Waals surface area (Å²) in [5.41, 5.74) is 3.88. The van der Waals surface area contributed by atoms with Crippen molar-refractivity contribution in [3.63, 3.8) is 0 Å². The number of aromatic nitrogens is 4. The molecule has 0 spiro atoms. The van der Waals surface area contributed by atoms with Gasteiger partial charge in [0.05, 0.1) is 6.20 Å². The molecule has 9 heteroatoms. The predicted octanol–water partition coefficient (Wildman–Crippen LogP) is 3.16. The van der Waals surface area contributed by atoms with Crippen molar-refractivity contribution < 1.29 is 9.21 Å². The van der Waals surface area contributed by atoms with E-state index >= 15 is 0 Å². The molecule has 0 aliphatic heterocycles. The molecule has 0 fully saturated rings. The zero-order valence-electron chi connectivity index (χ0n) is 16.8. The van der Waals surface area contributed by atoms with E-state index in [4.69, 9.17) is 4.42 Å². The van der Waals surface area contributed by atoms with E-state index in [0.29, 0.717) is 11.8 Å². The molecule has 2 N–H and O–H groups in total. The number of anilines is 4. The molecule has 0 aliphatic carbocycles. The summed E-state index contributed by atoms with van der Waals surface area (Å²) in [5, 5.41) is 5.75. The van der Waals surface area contributed by atoms with Crippen LogP contribution in [0.25, 0.3) is 0 Å². The van der Waals surface area contributed by atoms with Gasteiger partial charge < -0.3 is 14.6 Å². The molecule has 0 saturated carbocycles. The highest BCUT2D eigenvalue weighted by Crippen LogP contribution is 2.23. The summed E-state index contributed by atoms with van der Waals surface area (Å²) in [7, 11) is 3.67. The molecular formula is C19H23N7O2. The number of hydrogen-bond acceptors (Lipinski definition) is 8. The van der Waals surface area contributed by atoms with Crippen molar-refractivity contribution in [2.24, 2.45) is 0 Å². The molecule has 0 bridgehead atoms. The van der Waals surface area contributed by atoms with E-state index in [1.54, 1.807) is 11.8 Å². The molecule has 2 aromatic heterocycles. The van der Waals surface area contributed by atoms with Crippen LogP contribution in [0, 0.1) is 27.7 Å². The fourth-order valence-corrected chi connectivity index (χ4v) is 2.81. The van der Waals surface area contributed by atoms with Gasteiger partial charge in [-0.25, -0.2) is 4.98 Å². The van der Waals surface area contributed by atoms with Gasteiger partial charge in [-0.05, 0) is 38.8 Å². The third-order valence-corrected chi connectivity index (χ3v) is 4.00. The Bertz CT molecular complexity index is 1000. The van der Waals surface area contributed by atoms with Crippen molar-refractivity contribution in [3.05, 3.63) is 46.6 Å². The monoisotopic (exact) mass is 381 g/mol. The van der Waals surface area contributed by atoms with E-state index in [2.05, 4.69) is 30.6 Å². The quantitative estimate of drug-likeness (QED) is 0.694. The Morgan fingerprint density at radius 1 is 1.04 bits per heavy atom. The van der Waals surface area contributed by atoms with Crippen molar-refractivity contribution in [1.82, 2.24) is 19.9 Å². The smallest absolute Gasteiger partial charge is 0.302 e. The number of hydrogen-bond donors (Lipinski definition) is 2. The van der Waals surface area contributed by atoms with Gasteiger partial charge >= 0.3 is 6.01 Å². The van der Waals surface area contributed by atoms with Crippen LogP contribution in [0.5, 0.6) is 0 Å². The first kappa shape index (κ1) is 19.3. The summed E-state index contributed by atoms with van der Waals surface area (Å²) < 4.78 is 5.52. The number of carbonyl (C=O) groups excluding carboxylic acids is 1. The maximum Gasteiger partial charge on any atom is 0.302 e. The van der Waals surface area contributed by atoms with Gasteiger partial charge in [-0.2, -0.15) is 15.0 Å². The Labute approximate surface area is 163 Å². The number of nitrogens with zero attached hydrogens (tertiary/aromatic N) is 5. The largest absolute Gasteiger partial charge is 0.418 e. The fourth-order valence-electron chi connectivity index (χ4n) is 2.81. The Kier molecular flexibility index (Phi) is 5.25. The maximum absolute atomic E-state index is 12.5. The van der Waals surface area contributed by atoms with Crippen molar-refractivity contribution in [3.8, 4) is 0 Å². The van der Waals surface area contributed by atoms with Crippen LogP contribution in [0.1, 0.15) is 33.1 Å². The van der Waals surface area contributed by atoms with E-state index in [9.17, 15) is 4.79 Å². The average Bonchev–Trinajstić information content (AvgIpc) is 3.06. The van der Waals surface area contributed by atoms with E-state index in [0.717, 1.165) is 22.4 Å². The van der Waals surface area contributed by atoms with Crippen molar-refractivity contribution in [1.29, 1.82) is 0 Å². The first-order chi connectivity index (χ1) is 13.2. The molecule has 0 radical (unpaired) electrons. The van der Waals surface area contributed by atoms with Gasteiger partial charge in [0.2, 0.25) is 17.7 Å². The lowest BCUT2D eigenvalue weighted by Gasteiger charge is -2.12. The molecule has 0 unspecified atom stereocenters. The van der Waals surface area contributed by atoms with Crippen LogP contribution in [-0.2, 0) is 0 Å². The summed E-state index contributed by atoms with van der Waals surface area (Å²) in [5.74, 6) is 1.05. The number of benzene rings is 1. The van der Waals surface area contributed by atoms with Crippen LogP contribution in [-0.4, -0.2) is 39.9 Å². The molecule has 1 amide bonds. The summed E-state index contributed by atoms with van der Waals surface area (Å²) >= 11 is 0. The topological polar surface area (TPSA) is 109 Å². The number of nitrogens with one attached hydrogen (secondary N) is 2. The number of oxazole rings is 1. The van der Waals surface area contributed by atoms with Gasteiger partial charge in [0.15, 0.2) is 0 Å². The summed E-state index contributed by atoms with van der Waals surface area (Å²) in [4.78, 5) is 31.1. The molecule has 28 heavy (non-hydrogen) atoms. The molecule has 3 rings (SSSR count). The Morgan fingerprint density at radius 2 is 1.71 bits per heavy atom. The van der Waals surface area contributed by atoms with Crippen LogP contribution in [0.3, 0.4) is 0 Å². The van der Waals surface area contributed by atoms with Crippen LogP contribution in [0.15, 0.2) is 22.7 Å². The first-order valence-electron chi connectivity index (χ1n) is 8.75. The third kappa shape index (κ3) is 4.25. The molecule has 1 aromatic carbocycles. The van der Waals surface area contributed by atoms with Crippen LogP contribution >= 0.6 is 0 Å². The minimum Gasteiger partial charge on any atom is -0.418 e. The standard InChI is InChI=1S/C19H23N7O2/c1-10-7-11(2)15(12(3)8-10)23-16(27)14-9-20-19(28-14)25-17-21-13(4)22-18(24-17)26(5)6/h7-9H,1-6H3,(H,23,27)(H,20,21,22,24,25). The number of carbonyl (C=O) groups is 1. The summed E-state index contributed by atoms with van der Waals surface area (Å²) in [6.07, 6.45) is 1.36. The molecule has 0 saturated heterocycles. The Morgan fingerprint density at radius 3 is 2.36 bits per heavy atom. The average molecular weight is 381 g/mol. The number of aryl methyl sites for hydroxylation is 4. The molecule has 0 aliphatic rings. The molecular weight excluding hydrogens is 358 g/mol. The lowest BCUT2D eigenvalue weighted by molar-refractivity contribution is 0.0997. The highest BCUT2D eigenvalue weighted by molar-refractivity contribution is 6.03. The van der Waals surface area contributed by atoms with Crippen molar-refractivity contribution in [2.75, 3.05) is 29.6 Å². The second-order valence-corrected chi connectivity index (χ2v) is 6.78. The number of amides is 1. The highest BCUT2D eigenvalue weighted by atomic mass is 16.4. The van der Waals surface area contributed by atoms with E-state index < -0.39 is 0 Å². The Hall–Kier alpha value is -3.49. The molecule has 0 atom stereocenters. The molecule has 3 aromatic rings. The maximum atomic E-state index is 12.5. The number of rotatable bonds is 5. The SMILES string of the molecule is Cc1cc(C)c(NC(=O)c2cnc(Nc3nc(C)nc(N(C)C)n3)o2)c(C)c1. The van der Waals surface area contributed by atoms with E-state index in [1.807, 2.05) is 47.0 Å². The van der Waals surface area contributed by atoms with Crippen molar-refractivity contribution >= 4 is 29.5 Å².